The maximum atomic E-state index is 5.74. The Hall–Kier alpha value is -2.51. The molecular formula is C16H14N4OS2. The Bertz CT molecular complexity index is 833. The van der Waals surface area contributed by atoms with Crippen molar-refractivity contribution in [3.63, 3.8) is 0 Å². The van der Waals surface area contributed by atoms with Crippen molar-refractivity contribution in [2.75, 3.05) is 6.54 Å². The van der Waals surface area contributed by atoms with Crippen LogP contribution in [0.25, 0.3) is 21.0 Å². The lowest BCUT2D eigenvalue weighted by Gasteiger charge is -2.02. The molecule has 23 heavy (non-hydrogen) atoms. The van der Waals surface area contributed by atoms with Crippen LogP contribution in [0.5, 0.6) is 0 Å². The van der Waals surface area contributed by atoms with Gasteiger partial charge in [0.2, 0.25) is 0 Å². The molecule has 1 aromatic carbocycles. The van der Waals surface area contributed by atoms with Gasteiger partial charge in [-0.25, -0.2) is 4.98 Å². The van der Waals surface area contributed by atoms with Gasteiger partial charge in [0.05, 0.1) is 16.4 Å². The van der Waals surface area contributed by atoms with Gasteiger partial charge in [0.1, 0.15) is 5.76 Å². The Kier molecular flexibility index (Phi) is 4.80. The highest BCUT2D eigenvalue weighted by Crippen LogP contribution is 2.30. The van der Waals surface area contributed by atoms with Gasteiger partial charge in [-0.05, 0) is 36.5 Å². The second-order valence-corrected chi connectivity index (χ2v) is 6.00. The van der Waals surface area contributed by atoms with E-state index in [4.69, 9.17) is 16.6 Å². The zero-order chi connectivity index (χ0) is 16.1. The van der Waals surface area contributed by atoms with Gasteiger partial charge in [-0.2, -0.15) is 5.10 Å². The molecule has 0 aliphatic carbocycles. The van der Waals surface area contributed by atoms with Crippen molar-refractivity contribution in [1.82, 2.24) is 15.7 Å². The number of nitrogens with one attached hydrogen (secondary N) is 2. The predicted octanol–water partition coefficient (Wildman–Crippen LogP) is 3.54. The Morgan fingerprint density at radius 3 is 3.04 bits per heavy atom. The first-order valence-corrected chi connectivity index (χ1v) is 8.12. The number of benzene rings is 1. The van der Waals surface area contributed by atoms with Crippen molar-refractivity contribution in [1.29, 1.82) is 0 Å². The summed E-state index contributed by atoms with van der Waals surface area (Å²) in [4.78, 5) is 4.56. The molecule has 3 rings (SSSR count). The lowest BCUT2D eigenvalue weighted by atomic mass is 10.3. The Morgan fingerprint density at radius 1 is 1.35 bits per heavy atom. The number of aromatic nitrogens is 1. The van der Waals surface area contributed by atoms with Gasteiger partial charge in [-0.3, -0.25) is 5.43 Å². The van der Waals surface area contributed by atoms with Gasteiger partial charge in [-0.15, -0.1) is 17.9 Å². The number of thiocarbonyl (C=S) groups is 1. The van der Waals surface area contributed by atoms with Crippen molar-refractivity contribution in [3.05, 3.63) is 54.8 Å². The Morgan fingerprint density at radius 2 is 2.22 bits per heavy atom. The fourth-order valence-corrected chi connectivity index (χ4v) is 2.94. The maximum Gasteiger partial charge on any atom is 0.187 e. The summed E-state index contributed by atoms with van der Waals surface area (Å²) in [6.45, 7) is 4.19. The van der Waals surface area contributed by atoms with E-state index in [1.807, 2.05) is 36.4 Å². The largest absolute Gasteiger partial charge is 0.453 e. The molecule has 0 spiro atoms. The van der Waals surface area contributed by atoms with E-state index in [1.54, 1.807) is 23.6 Å². The SMILES string of the molecule is C=CCNC(=S)N/N=C\c1ccc(-c2nc3ccccc3s2)o1. The molecule has 0 fully saturated rings. The van der Waals surface area contributed by atoms with Crippen LogP contribution in [0.2, 0.25) is 0 Å². The molecule has 0 bridgehead atoms. The van der Waals surface area contributed by atoms with Crippen LogP contribution in [0.1, 0.15) is 5.76 Å². The summed E-state index contributed by atoms with van der Waals surface area (Å²) >= 11 is 6.63. The van der Waals surface area contributed by atoms with Gasteiger partial charge in [0.25, 0.3) is 0 Å². The van der Waals surface area contributed by atoms with E-state index in [-0.39, 0.29) is 0 Å². The molecule has 2 aromatic heterocycles. The second-order valence-electron chi connectivity index (χ2n) is 4.56. The lowest BCUT2D eigenvalue weighted by molar-refractivity contribution is 0.574. The smallest absolute Gasteiger partial charge is 0.187 e. The summed E-state index contributed by atoms with van der Waals surface area (Å²) in [6, 6.07) is 11.7. The fourth-order valence-electron chi connectivity index (χ4n) is 1.87. The van der Waals surface area contributed by atoms with E-state index in [0.717, 1.165) is 21.0 Å². The minimum atomic E-state index is 0.430. The third-order valence-corrected chi connectivity index (χ3v) is 4.18. The lowest BCUT2D eigenvalue weighted by Crippen LogP contribution is -2.31. The molecule has 5 nitrogen and oxygen atoms in total. The van der Waals surface area contributed by atoms with Crippen LogP contribution in [0, 0.1) is 0 Å². The average molecular weight is 342 g/mol. The highest BCUT2D eigenvalue weighted by Gasteiger charge is 2.09. The van der Waals surface area contributed by atoms with E-state index in [9.17, 15) is 0 Å². The number of hydrogen-bond donors (Lipinski definition) is 2. The van der Waals surface area contributed by atoms with E-state index in [0.29, 0.717) is 17.4 Å². The van der Waals surface area contributed by atoms with Crippen molar-refractivity contribution in [2.45, 2.75) is 0 Å². The third kappa shape index (κ3) is 3.82. The summed E-state index contributed by atoms with van der Waals surface area (Å²) in [5, 5.41) is 8.21. The van der Waals surface area contributed by atoms with E-state index >= 15 is 0 Å². The standard InChI is InChI=1S/C16H14N4OS2/c1-2-9-17-16(22)20-18-10-11-7-8-13(21-11)15-19-12-5-3-4-6-14(12)23-15/h2-8,10H,1,9H2,(H2,17,20,22)/b18-10-. The second kappa shape index (κ2) is 7.17. The van der Waals surface area contributed by atoms with E-state index in [2.05, 4.69) is 27.4 Å². The fraction of sp³-hybridized carbons (Fsp3) is 0.0625. The molecule has 0 radical (unpaired) electrons. The van der Waals surface area contributed by atoms with Crippen LogP contribution in [0.3, 0.4) is 0 Å². The number of furan rings is 1. The highest BCUT2D eigenvalue weighted by molar-refractivity contribution is 7.80. The first-order chi connectivity index (χ1) is 11.3. The van der Waals surface area contributed by atoms with Crippen molar-refractivity contribution in [2.24, 2.45) is 5.10 Å². The number of thiazole rings is 1. The van der Waals surface area contributed by atoms with Crippen molar-refractivity contribution >= 4 is 45.1 Å². The van der Waals surface area contributed by atoms with Crippen molar-refractivity contribution in [3.8, 4) is 10.8 Å². The molecule has 0 unspecified atom stereocenters. The minimum Gasteiger partial charge on any atom is -0.453 e. The molecule has 0 aliphatic rings. The molecule has 0 aliphatic heterocycles. The van der Waals surface area contributed by atoms with Crippen LogP contribution in [0.15, 0.2) is 58.6 Å². The summed E-state index contributed by atoms with van der Waals surface area (Å²) in [5.74, 6) is 1.35. The molecule has 2 heterocycles. The summed E-state index contributed by atoms with van der Waals surface area (Å²) in [7, 11) is 0. The molecule has 0 atom stereocenters. The molecule has 7 heteroatoms. The van der Waals surface area contributed by atoms with Crippen LogP contribution in [-0.4, -0.2) is 22.9 Å². The normalized spacial score (nSPS) is 11.0. The quantitative estimate of drug-likeness (QED) is 0.321. The number of rotatable bonds is 5. The summed E-state index contributed by atoms with van der Waals surface area (Å²) in [5.41, 5.74) is 3.68. The average Bonchev–Trinajstić information content (AvgIpc) is 3.19. The monoisotopic (exact) mass is 342 g/mol. The summed E-state index contributed by atoms with van der Waals surface area (Å²) in [6.07, 6.45) is 3.28. The molecular weight excluding hydrogens is 328 g/mol. The molecule has 2 N–H and O–H groups in total. The van der Waals surface area contributed by atoms with Crippen LogP contribution >= 0.6 is 23.6 Å². The first-order valence-electron chi connectivity index (χ1n) is 6.90. The number of fused-ring (bicyclic) bond motifs is 1. The molecule has 3 aromatic rings. The van der Waals surface area contributed by atoms with Crippen LogP contribution < -0.4 is 10.7 Å². The third-order valence-electron chi connectivity index (χ3n) is 2.90. The Balaban J connectivity index is 1.68. The predicted molar refractivity (Wildman–Crippen MR) is 98.8 cm³/mol. The number of nitrogens with zero attached hydrogens (tertiary/aromatic N) is 2. The minimum absolute atomic E-state index is 0.430. The van der Waals surface area contributed by atoms with E-state index in [1.165, 1.54) is 0 Å². The van der Waals surface area contributed by atoms with Gasteiger partial charge in [0, 0.05) is 6.54 Å². The number of hydrazone groups is 1. The van der Waals surface area contributed by atoms with Crippen LogP contribution in [0.4, 0.5) is 0 Å². The van der Waals surface area contributed by atoms with Gasteiger partial charge in [-0.1, -0.05) is 18.2 Å². The van der Waals surface area contributed by atoms with Gasteiger partial charge >= 0.3 is 0 Å². The zero-order valence-electron chi connectivity index (χ0n) is 12.2. The van der Waals surface area contributed by atoms with E-state index < -0.39 is 0 Å². The van der Waals surface area contributed by atoms with Gasteiger partial charge < -0.3 is 9.73 Å². The molecule has 0 saturated heterocycles. The Labute approximate surface area is 142 Å². The first kappa shape index (κ1) is 15.4. The zero-order valence-corrected chi connectivity index (χ0v) is 13.8. The number of hydrogen-bond acceptors (Lipinski definition) is 5. The molecule has 0 amide bonds. The molecule has 116 valence electrons. The highest BCUT2D eigenvalue weighted by atomic mass is 32.1. The topological polar surface area (TPSA) is 62.5 Å². The number of para-hydroxylation sites is 1. The maximum absolute atomic E-state index is 5.74. The van der Waals surface area contributed by atoms with Crippen LogP contribution in [-0.2, 0) is 0 Å². The van der Waals surface area contributed by atoms with Gasteiger partial charge in [0.15, 0.2) is 15.9 Å². The molecule has 0 saturated carbocycles. The summed E-state index contributed by atoms with van der Waals surface area (Å²) < 4.78 is 6.87. The van der Waals surface area contributed by atoms with Crippen molar-refractivity contribution < 1.29 is 4.42 Å².